The van der Waals surface area contributed by atoms with Crippen molar-refractivity contribution in [3.05, 3.63) is 71.8 Å². The smallest absolute Gasteiger partial charge is 0.454 e. The van der Waals surface area contributed by atoms with Gasteiger partial charge in [0.15, 0.2) is 24.8 Å². The van der Waals surface area contributed by atoms with Gasteiger partial charge in [-0.05, 0) is 11.1 Å². The number of ether oxygens (including phenoxy) is 6. The van der Waals surface area contributed by atoms with Crippen LogP contribution in [0.25, 0.3) is 0 Å². The van der Waals surface area contributed by atoms with Crippen LogP contribution in [0.3, 0.4) is 0 Å². The largest absolute Gasteiger partial charge is 0.469 e. The third-order valence-electron chi connectivity index (χ3n) is 6.54. The summed E-state index contributed by atoms with van der Waals surface area (Å²) < 4.78 is 62.7. The quantitative estimate of drug-likeness (QED) is 0.119. The fraction of sp³-hybridized carbons (Fsp3) is 0.533. The monoisotopic (exact) mass is 756 g/mol. The van der Waals surface area contributed by atoms with Crippen LogP contribution >= 0.6 is 15.6 Å². The molecule has 0 spiro atoms. The SMILES string of the molecule is C.C.CC(=O)O[C@@H]1C(O)O[C@H](COP(=O)(O)O)C1O.CC(=O)O[C@H]1C(OCc2ccccc2)[C@@H](COP(=O)(O)O)O[C@@H]1OCc1ccccc1. The first-order chi connectivity index (χ1) is 22.5. The van der Waals surface area contributed by atoms with Crippen molar-refractivity contribution in [1.82, 2.24) is 0 Å². The average Bonchev–Trinajstić information content (AvgIpc) is 3.47. The molecule has 2 aromatic rings. The summed E-state index contributed by atoms with van der Waals surface area (Å²) in [5.41, 5.74) is 1.75. The second-order valence-corrected chi connectivity index (χ2v) is 12.9. The van der Waals surface area contributed by atoms with Gasteiger partial charge in [-0.1, -0.05) is 75.5 Å². The molecule has 0 bridgehead atoms. The number of hydrogen-bond donors (Lipinski definition) is 6. The highest BCUT2D eigenvalue weighted by Gasteiger charge is 2.49. The van der Waals surface area contributed by atoms with Crippen molar-refractivity contribution in [3.8, 4) is 0 Å². The van der Waals surface area contributed by atoms with Crippen molar-refractivity contribution in [2.75, 3.05) is 13.2 Å². The fourth-order valence-electron chi connectivity index (χ4n) is 4.51. The number of carbonyl (C=O) groups excluding carboxylic acids is 2. The zero-order valence-corrected chi connectivity index (χ0v) is 27.5. The van der Waals surface area contributed by atoms with Gasteiger partial charge in [-0.2, -0.15) is 0 Å². The van der Waals surface area contributed by atoms with E-state index in [-0.39, 0.29) is 28.1 Å². The predicted molar refractivity (Wildman–Crippen MR) is 172 cm³/mol. The van der Waals surface area contributed by atoms with Crippen LogP contribution < -0.4 is 0 Å². The van der Waals surface area contributed by atoms with Crippen LogP contribution in [0.4, 0.5) is 0 Å². The number of rotatable bonds is 14. The Bertz CT molecular complexity index is 1390. The molecule has 284 valence electrons. The molecular formula is C30H46O18P2. The molecule has 4 rings (SSSR count). The van der Waals surface area contributed by atoms with E-state index in [1.165, 1.54) is 6.92 Å². The van der Waals surface area contributed by atoms with E-state index in [4.69, 9.17) is 43.3 Å². The molecule has 6 N–H and O–H groups in total. The second-order valence-electron chi connectivity index (χ2n) is 10.4. The van der Waals surface area contributed by atoms with Crippen LogP contribution in [0, 0.1) is 0 Å². The van der Waals surface area contributed by atoms with E-state index in [9.17, 15) is 28.9 Å². The Morgan fingerprint density at radius 2 is 1.10 bits per heavy atom. The van der Waals surface area contributed by atoms with E-state index < -0.39 is 90.0 Å². The molecule has 0 aromatic heterocycles. The van der Waals surface area contributed by atoms with E-state index in [2.05, 4.69) is 13.8 Å². The highest BCUT2D eigenvalue weighted by molar-refractivity contribution is 7.46. The molecule has 0 saturated carbocycles. The molecule has 20 heteroatoms. The number of carbonyl (C=O) groups is 2. The van der Waals surface area contributed by atoms with Crippen LogP contribution in [-0.4, -0.2) is 104 Å². The molecule has 2 aliphatic rings. The van der Waals surface area contributed by atoms with Crippen LogP contribution in [-0.2, 0) is 69.4 Å². The van der Waals surface area contributed by atoms with Gasteiger partial charge >= 0.3 is 27.6 Å². The maximum atomic E-state index is 11.7. The average molecular weight is 757 g/mol. The first-order valence-corrected chi connectivity index (χ1v) is 17.3. The lowest BCUT2D eigenvalue weighted by atomic mass is 10.1. The Kier molecular flexibility index (Phi) is 19.1. The lowest BCUT2D eigenvalue weighted by Gasteiger charge is -2.24. The summed E-state index contributed by atoms with van der Waals surface area (Å²) in [5.74, 6) is -1.29. The number of hydrogen-bond acceptors (Lipinski definition) is 14. The number of aliphatic hydroxyl groups excluding tert-OH is 2. The van der Waals surface area contributed by atoms with Gasteiger partial charge in [-0.3, -0.25) is 18.6 Å². The minimum absolute atomic E-state index is 0. The molecule has 50 heavy (non-hydrogen) atoms. The summed E-state index contributed by atoms with van der Waals surface area (Å²) in [7, 11) is -9.43. The van der Waals surface area contributed by atoms with E-state index >= 15 is 0 Å². The third kappa shape index (κ3) is 15.7. The summed E-state index contributed by atoms with van der Waals surface area (Å²) in [5, 5.41) is 18.9. The molecule has 0 amide bonds. The maximum absolute atomic E-state index is 11.7. The molecule has 2 fully saturated rings. The molecule has 0 radical (unpaired) electrons. The van der Waals surface area contributed by atoms with Crippen molar-refractivity contribution < 1.29 is 86.0 Å². The maximum Gasteiger partial charge on any atom is 0.469 e. The lowest BCUT2D eigenvalue weighted by molar-refractivity contribution is -0.192. The molecule has 0 aliphatic carbocycles. The van der Waals surface area contributed by atoms with Gasteiger partial charge in [0.1, 0.15) is 24.4 Å². The Hall–Kier alpha value is -2.64. The summed E-state index contributed by atoms with van der Waals surface area (Å²) in [6.45, 7) is 1.58. The summed E-state index contributed by atoms with van der Waals surface area (Å²) in [6.07, 6.45) is -9.25. The van der Waals surface area contributed by atoms with Crippen molar-refractivity contribution in [1.29, 1.82) is 0 Å². The van der Waals surface area contributed by atoms with Gasteiger partial charge in [-0.25, -0.2) is 9.13 Å². The van der Waals surface area contributed by atoms with Crippen LogP contribution in [0.5, 0.6) is 0 Å². The number of phosphoric acid groups is 2. The molecule has 2 saturated heterocycles. The van der Waals surface area contributed by atoms with Crippen LogP contribution in [0.1, 0.15) is 39.8 Å². The minimum atomic E-state index is -4.74. The zero-order valence-electron chi connectivity index (χ0n) is 25.7. The number of aliphatic hydroxyl groups is 2. The normalized spacial score (nSPS) is 26.1. The number of benzene rings is 2. The third-order valence-corrected chi connectivity index (χ3v) is 7.51. The van der Waals surface area contributed by atoms with E-state index in [1.54, 1.807) is 0 Å². The number of phosphoric ester groups is 2. The molecule has 18 nitrogen and oxygen atoms in total. The summed E-state index contributed by atoms with van der Waals surface area (Å²) in [6, 6.07) is 18.6. The zero-order chi connectivity index (χ0) is 35.5. The van der Waals surface area contributed by atoms with Gasteiger partial charge in [0.25, 0.3) is 0 Å². The van der Waals surface area contributed by atoms with E-state index in [0.29, 0.717) is 0 Å². The highest BCUT2D eigenvalue weighted by Crippen LogP contribution is 2.39. The molecule has 2 heterocycles. The van der Waals surface area contributed by atoms with Crippen molar-refractivity contribution in [3.63, 3.8) is 0 Å². The van der Waals surface area contributed by atoms with Gasteiger partial charge in [0, 0.05) is 13.8 Å². The first kappa shape index (κ1) is 45.4. The molecule has 3 unspecified atom stereocenters. The van der Waals surface area contributed by atoms with Crippen LogP contribution in [0.2, 0.25) is 0 Å². The predicted octanol–water partition coefficient (Wildman–Crippen LogP) is 1.93. The van der Waals surface area contributed by atoms with Gasteiger partial charge in [0.05, 0.1) is 26.4 Å². The number of esters is 2. The lowest BCUT2D eigenvalue weighted by Crippen LogP contribution is -2.40. The van der Waals surface area contributed by atoms with Gasteiger partial charge in [-0.15, -0.1) is 0 Å². The Labute approximate surface area is 289 Å². The van der Waals surface area contributed by atoms with Gasteiger partial charge in [0.2, 0.25) is 0 Å². The van der Waals surface area contributed by atoms with Gasteiger partial charge < -0.3 is 58.2 Å². The van der Waals surface area contributed by atoms with E-state index in [0.717, 1.165) is 18.1 Å². The highest BCUT2D eigenvalue weighted by atomic mass is 31.2. The molecule has 2 aliphatic heterocycles. The topological polar surface area (TPSA) is 263 Å². The summed E-state index contributed by atoms with van der Waals surface area (Å²) in [4.78, 5) is 57.4. The Morgan fingerprint density at radius 1 is 0.660 bits per heavy atom. The van der Waals surface area contributed by atoms with E-state index in [1.807, 2.05) is 60.7 Å². The van der Waals surface area contributed by atoms with Crippen molar-refractivity contribution >= 4 is 27.6 Å². The summed E-state index contributed by atoms with van der Waals surface area (Å²) >= 11 is 0. The van der Waals surface area contributed by atoms with Crippen molar-refractivity contribution in [2.24, 2.45) is 0 Å². The first-order valence-electron chi connectivity index (χ1n) is 14.2. The Morgan fingerprint density at radius 3 is 1.56 bits per heavy atom. The van der Waals surface area contributed by atoms with Crippen LogP contribution in [0.15, 0.2) is 60.7 Å². The molecular weight excluding hydrogens is 710 g/mol. The van der Waals surface area contributed by atoms with Crippen molar-refractivity contribution in [2.45, 2.75) is 91.1 Å². The minimum Gasteiger partial charge on any atom is -0.454 e. The second kappa shape index (κ2) is 21.0. The fourth-order valence-corrected chi connectivity index (χ4v) is 5.20. The standard InChI is InChI=1S/C21H25O9P.C7H13O9P.2CH4/c1-15(22)29-20-19(26-12-16-8-4-2-5-9-16)18(14-28-31(23,24)25)30-21(20)27-13-17-10-6-3-7-11-17;1-3(8)15-6-5(9)4(16-7(6)10)2-14-17(11,12)13;;/h2-11,18-21H,12-14H2,1H3,(H2,23,24,25);4-7,9-10H,2H2,1H3,(H2,11,12,13);2*1H4/t18-,19?,20+,21+;4-,5?,6+,7?;;/m11../s1. The molecule has 8 atom stereocenters. The Balaban J connectivity index is 0.000000563. The molecule has 2 aromatic carbocycles.